The van der Waals surface area contributed by atoms with E-state index in [-0.39, 0.29) is 12.2 Å². The molecule has 31 heavy (non-hydrogen) atoms. The van der Waals surface area contributed by atoms with Crippen LogP contribution in [0.5, 0.6) is 0 Å². The number of nitrogens with one attached hydrogen (secondary N) is 1. The van der Waals surface area contributed by atoms with E-state index in [2.05, 4.69) is 23.2 Å². The standard InChI is InChI=1S/C25H26N4O2/c1-2-18-12-14-29(15-13-18)24-23(27-21-10-6-7-11-22(21)28-24)20(16-26)25(30)31-17-19-8-4-3-5-9-19/h3-11,18,27H,2,12-15,17H2,1H3/b23-20-. The lowest BCUT2D eigenvalue weighted by molar-refractivity contribution is -0.139. The van der Waals surface area contributed by atoms with E-state index in [9.17, 15) is 10.1 Å². The van der Waals surface area contributed by atoms with Crippen molar-refractivity contribution in [1.82, 2.24) is 4.90 Å². The van der Waals surface area contributed by atoms with Gasteiger partial charge in [0.2, 0.25) is 0 Å². The Labute approximate surface area is 182 Å². The van der Waals surface area contributed by atoms with E-state index in [1.807, 2.05) is 54.6 Å². The first-order valence-corrected chi connectivity index (χ1v) is 10.7. The lowest BCUT2D eigenvalue weighted by Gasteiger charge is -2.36. The fourth-order valence-electron chi connectivity index (χ4n) is 3.99. The second kappa shape index (κ2) is 9.48. The molecule has 0 radical (unpaired) electrons. The highest BCUT2D eigenvalue weighted by molar-refractivity contribution is 6.12. The topological polar surface area (TPSA) is 77.7 Å². The van der Waals surface area contributed by atoms with Gasteiger partial charge >= 0.3 is 5.97 Å². The molecule has 0 unspecified atom stereocenters. The van der Waals surface area contributed by atoms with Gasteiger partial charge < -0.3 is 15.0 Å². The monoisotopic (exact) mass is 414 g/mol. The largest absolute Gasteiger partial charge is 0.457 e. The highest BCUT2D eigenvalue weighted by atomic mass is 16.5. The molecule has 0 bridgehead atoms. The maximum atomic E-state index is 12.9. The molecule has 1 N–H and O–H groups in total. The number of hydrogen-bond donors (Lipinski definition) is 1. The van der Waals surface area contributed by atoms with E-state index in [1.165, 1.54) is 6.42 Å². The normalized spacial score (nSPS) is 17.7. The maximum Gasteiger partial charge on any atom is 0.351 e. The highest BCUT2D eigenvalue weighted by Gasteiger charge is 2.30. The van der Waals surface area contributed by atoms with Crippen molar-refractivity contribution in [2.45, 2.75) is 32.8 Å². The summed E-state index contributed by atoms with van der Waals surface area (Å²) in [5, 5.41) is 13.2. The fraction of sp³-hybridized carbons (Fsp3) is 0.320. The highest BCUT2D eigenvalue weighted by Crippen LogP contribution is 2.34. The molecule has 2 aliphatic heterocycles. The molecule has 6 nitrogen and oxygen atoms in total. The van der Waals surface area contributed by atoms with Crippen LogP contribution in [-0.2, 0) is 16.1 Å². The molecule has 1 saturated heterocycles. The van der Waals surface area contributed by atoms with Crippen LogP contribution in [0, 0.1) is 17.2 Å². The summed E-state index contributed by atoms with van der Waals surface area (Å²) in [5.41, 5.74) is 2.81. The van der Waals surface area contributed by atoms with Crippen molar-refractivity contribution in [2.24, 2.45) is 10.9 Å². The molecule has 6 heteroatoms. The number of carbonyl (C=O) groups excluding carboxylic acids is 1. The number of rotatable bonds is 4. The Morgan fingerprint density at radius 2 is 1.87 bits per heavy atom. The quantitative estimate of drug-likeness (QED) is 0.442. The molecule has 1 fully saturated rings. The fourth-order valence-corrected chi connectivity index (χ4v) is 3.99. The molecule has 4 rings (SSSR count). The van der Waals surface area contributed by atoms with Crippen molar-refractivity contribution in [2.75, 3.05) is 18.4 Å². The first-order chi connectivity index (χ1) is 15.2. The molecule has 0 amide bonds. The molecule has 0 atom stereocenters. The van der Waals surface area contributed by atoms with Crippen molar-refractivity contribution in [3.8, 4) is 6.07 Å². The van der Waals surface area contributed by atoms with Gasteiger partial charge in [0.15, 0.2) is 11.4 Å². The van der Waals surface area contributed by atoms with Crippen molar-refractivity contribution in [3.05, 3.63) is 71.4 Å². The van der Waals surface area contributed by atoms with Gasteiger partial charge in [0.25, 0.3) is 0 Å². The molecule has 0 spiro atoms. The van der Waals surface area contributed by atoms with Crippen molar-refractivity contribution < 1.29 is 9.53 Å². The van der Waals surface area contributed by atoms with Crippen LogP contribution in [0.15, 0.2) is 70.9 Å². The Morgan fingerprint density at radius 3 is 2.58 bits per heavy atom. The molecule has 2 heterocycles. The van der Waals surface area contributed by atoms with Gasteiger partial charge in [-0.3, -0.25) is 0 Å². The number of ether oxygens (including phenoxy) is 1. The SMILES string of the molecule is CCC1CCN(C2=Nc3ccccc3N/C2=C(/C#N)C(=O)OCc2ccccc2)CC1. The summed E-state index contributed by atoms with van der Waals surface area (Å²) >= 11 is 0. The summed E-state index contributed by atoms with van der Waals surface area (Å²) in [6.07, 6.45) is 3.31. The number of fused-ring (bicyclic) bond motifs is 1. The average molecular weight is 415 g/mol. The Morgan fingerprint density at radius 1 is 1.16 bits per heavy atom. The Bertz CT molecular complexity index is 1040. The number of carbonyl (C=O) groups is 1. The van der Waals surface area contributed by atoms with Crippen LogP contribution in [0.4, 0.5) is 11.4 Å². The number of esters is 1. The number of benzene rings is 2. The van der Waals surface area contributed by atoms with Crippen molar-refractivity contribution >= 4 is 23.2 Å². The average Bonchev–Trinajstić information content (AvgIpc) is 2.83. The van der Waals surface area contributed by atoms with Crippen LogP contribution in [-0.4, -0.2) is 29.8 Å². The zero-order valence-electron chi connectivity index (χ0n) is 17.7. The Balaban J connectivity index is 1.64. The van der Waals surface area contributed by atoms with Crippen LogP contribution < -0.4 is 5.32 Å². The minimum Gasteiger partial charge on any atom is -0.457 e. The van der Waals surface area contributed by atoms with Gasteiger partial charge in [0.05, 0.1) is 11.4 Å². The van der Waals surface area contributed by atoms with Crippen LogP contribution in [0.25, 0.3) is 0 Å². The summed E-state index contributed by atoms with van der Waals surface area (Å²) in [4.78, 5) is 19.9. The first kappa shape index (κ1) is 20.7. The molecule has 2 aromatic carbocycles. The molecular formula is C25H26N4O2. The number of aliphatic imine (C=N–C) groups is 1. The number of nitrogens with zero attached hydrogens (tertiary/aromatic N) is 3. The van der Waals surface area contributed by atoms with Crippen LogP contribution in [0.3, 0.4) is 0 Å². The number of piperidine rings is 1. The van der Waals surface area contributed by atoms with Gasteiger partial charge in [-0.05, 0) is 36.5 Å². The van der Waals surface area contributed by atoms with Gasteiger partial charge in [-0.15, -0.1) is 0 Å². The van der Waals surface area contributed by atoms with E-state index in [0.29, 0.717) is 17.5 Å². The summed E-state index contributed by atoms with van der Waals surface area (Å²) in [6, 6.07) is 19.2. The molecule has 2 aliphatic rings. The maximum absolute atomic E-state index is 12.9. The lowest BCUT2D eigenvalue weighted by Crippen LogP contribution is -2.42. The number of hydrogen-bond acceptors (Lipinski definition) is 6. The predicted octanol–water partition coefficient (Wildman–Crippen LogP) is 4.79. The van der Waals surface area contributed by atoms with Gasteiger partial charge in [-0.1, -0.05) is 55.8 Å². The third-order valence-corrected chi connectivity index (χ3v) is 5.88. The molecular weight excluding hydrogens is 388 g/mol. The zero-order valence-corrected chi connectivity index (χ0v) is 17.7. The number of nitriles is 1. The lowest BCUT2D eigenvalue weighted by atomic mass is 9.94. The number of amidine groups is 1. The van der Waals surface area contributed by atoms with E-state index in [0.717, 1.165) is 42.9 Å². The summed E-state index contributed by atoms with van der Waals surface area (Å²) in [5.74, 6) is 0.699. The van der Waals surface area contributed by atoms with E-state index >= 15 is 0 Å². The number of anilines is 1. The van der Waals surface area contributed by atoms with Crippen LogP contribution in [0.1, 0.15) is 31.7 Å². The molecule has 0 aliphatic carbocycles. The predicted molar refractivity (Wildman–Crippen MR) is 121 cm³/mol. The third-order valence-electron chi connectivity index (χ3n) is 5.88. The van der Waals surface area contributed by atoms with Crippen molar-refractivity contribution in [1.29, 1.82) is 5.26 Å². The summed E-state index contributed by atoms with van der Waals surface area (Å²) in [7, 11) is 0. The first-order valence-electron chi connectivity index (χ1n) is 10.7. The number of para-hydroxylation sites is 2. The summed E-state index contributed by atoms with van der Waals surface area (Å²) in [6.45, 7) is 4.03. The summed E-state index contributed by atoms with van der Waals surface area (Å²) < 4.78 is 5.46. The van der Waals surface area contributed by atoms with Gasteiger partial charge in [0.1, 0.15) is 18.4 Å². The minimum atomic E-state index is -0.649. The van der Waals surface area contributed by atoms with E-state index in [4.69, 9.17) is 9.73 Å². The van der Waals surface area contributed by atoms with E-state index < -0.39 is 5.97 Å². The molecule has 0 aromatic heterocycles. The Hall–Kier alpha value is -3.59. The number of likely N-dealkylation sites (tertiary alicyclic amines) is 1. The Kier molecular flexibility index (Phi) is 6.32. The van der Waals surface area contributed by atoms with Crippen molar-refractivity contribution in [3.63, 3.8) is 0 Å². The second-order valence-corrected chi connectivity index (χ2v) is 7.84. The van der Waals surface area contributed by atoms with Gasteiger partial charge in [-0.25, -0.2) is 9.79 Å². The minimum absolute atomic E-state index is 0.0539. The van der Waals surface area contributed by atoms with Crippen LogP contribution >= 0.6 is 0 Å². The van der Waals surface area contributed by atoms with Gasteiger partial charge in [0, 0.05) is 13.1 Å². The molecule has 2 aromatic rings. The van der Waals surface area contributed by atoms with Gasteiger partial charge in [-0.2, -0.15) is 5.26 Å². The zero-order chi connectivity index (χ0) is 21.6. The second-order valence-electron chi connectivity index (χ2n) is 7.84. The molecule has 158 valence electrons. The smallest absolute Gasteiger partial charge is 0.351 e. The van der Waals surface area contributed by atoms with Crippen LogP contribution in [0.2, 0.25) is 0 Å². The third kappa shape index (κ3) is 4.61. The van der Waals surface area contributed by atoms with E-state index in [1.54, 1.807) is 0 Å². The molecule has 0 saturated carbocycles.